The number of hydrogen-bond acceptors (Lipinski definition) is 3. The van der Waals surface area contributed by atoms with E-state index in [4.69, 9.17) is 4.52 Å². The van der Waals surface area contributed by atoms with Crippen LogP contribution in [0.3, 0.4) is 0 Å². The molecule has 1 aromatic carbocycles. The Morgan fingerprint density at radius 3 is 2.30 bits per heavy atom. The van der Waals surface area contributed by atoms with Crippen molar-refractivity contribution in [1.82, 2.24) is 5.16 Å². The fourth-order valence-corrected chi connectivity index (χ4v) is 3.12. The monoisotopic (exact) mass is 291 g/mol. The van der Waals surface area contributed by atoms with Gasteiger partial charge in [0.15, 0.2) is 0 Å². The van der Waals surface area contributed by atoms with Crippen molar-refractivity contribution in [3.63, 3.8) is 0 Å². The van der Waals surface area contributed by atoms with Crippen LogP contribution in [0.5, 0.6) is 0 Å². The quantitative estimate of drug-likeness (QED) is 0.862. The maximum Gasteiger partial charge on any atom is 0.133 e. The summed E-state index contributed by atoms with van der Waals surface area (Å²) in [5.74, 6) is 1.75. The van der Waals surface area contributed by atoms with Gasteiger partial charge in [0.05, 0.1) is 11.4 Å². The molecule has 0 spiro atoms. The van der Waals surface area contributed by atoms with Gasteiger partial charge in [0.25, 0.3) is 0 Å². The van der Waals surface area contributed by atoms with Crippen LogP contribution < -0.4 is 0 Å². The Labute approximate surface area is 122 Å². The molecule has 0 N–H and O–H groups in total. The predicted octanol–water partition coefficient (Wildman–Crippen LogP) is 3.73. The van der Waals surface area contributed by atoms with Gasteiger partial charge in [-0.2, -0.15) is 0 Å². The number of hydrogen-bond donors (Lipinski definition) is 0. The molecule has 0 fully saturated rings. The second kappa shape index (κ2) is 5.92. The van der Waals surface area contributed by atoms with E-state index in [1.54, 1.807) is 0 Å². The lowest BCUT2D eigenvalue weighted by molar-refractivity contribution is 0.392. The second-order valence-electron chi connectivity index (χ2n) is 6.10. The molecule has 20 heavy (non-hydrogen) atoms. The van der Waals surface area contributed by atoms with Crippen LogP contribution in [0.4, 0.5) is 0 Å². The van der Waals surface area contributed by atoms with Crippen LogP contribution in [-0.4, -0.2) is 9.37 Å². The zero-order chi connectivity index (χ0) is 14.8. The lowest BCUT2D eigenvalue weighted by Crippen LogP contribution is -2.10. The molecule has 2 rings (SSSR count). The Morgan fingerprint density at radius 2 is 1.80 bits per heavy atom. The van der Waals surface area contributed by atoms with E-state index in [9.17, 15) is 4.21 Å². The molecule has 0 aliphatic rings. The van der Waals surface area contributed by atoms with Gasteiger partial charge in [0, 0.05) is 22.6 Å². The van der Waals surface area contributed by atoms with E-state index in [1.165, 1.54) is 5.56 Å². The summed E-state index contributed by atoms with van der Waals surface area (Å²) in [5.41, 5.74) is 3.29. The van der Waals surface area contributed by atoms with E-state index in [1.807, 2.05) is 13.0 Å². The summed E-state index contributed by atoms with van der Waals surface area (Å²) < 4.78 is 17.1. The van der Waals surface area contributed by atoms with Gasteiger partial charge < -0.3 is 4.52 Å². The second-order valence-corrected chi connectivity index (χ2v) is 7.56. The molecule has 4 heteroatoms. The Bertz CT molecular complexity index is 594. The molecule has 0 bridgehead atoms. The molecule has 1 heterocycles. The van der Waals surface area contributed by atoms with E-state index in [0.29, 0.717) is 11.5 Å². The first kappa shape index (κ1) is 15.0. The molecule has 0 radical (unpaired) electrons. The summed E-state index contributed by atoms with van der Waals surface area (Å²) in [6.45, 7) is 8.40. The zero-order valence-electron chi connectivity index (χ0n) is 12.5. The molecule has 1 atom stereocenters. The zero-order valence-corrected chi connectivity index (χ0v) is 13.3. The van der Waals surface area contributed by atoms with Gasteiger partial charge in [0.2, 0.25) is 0 Å². The van der Waals surface area contributed by atoms with Crippen LogP contribution in [0.2, 0.25) is 0 Å². The molecule has 0 saturated heterocycles. The van der Waals surface area contributed by atoms with E-state index >= 15 is 0 Å². The minimum absolute atomic E-state index is 0.149. The number of aryl methyl sites for hydroxylation is 1. The molecule has 3 nitrogen and oxygen atoms in total. The summed E-state index contributed by atoms with van der Waals surface area (Å²) in [6.07, 6.45) is 0. The molecule has 2 aromatic rings. The predicted molar refractivity (Wildman–Crippen MR) is 81.9 cm³/mol. The van der Waals surface area contributed by atoms with Crippen LogP contribution in [0, 0.1) is 6.92 Å². The van der Waals surface area contributed by atoms with Crippen molar-refractivity contribution < 1.29 is 8.73 Å². The van der Waals surface area contributed by atoms with Crippen molar-refractivity contribution in [3.05, 3.63) is 52.9 Å². The Balaban J connectivity index is 1.98. The van der Waals surface area contributed by atoms with Gasteiger partial charge in [-0.3, -0.25) is 4.21 Å². The SMILES string of the molecule is Cc1cc(C[S@](=O)Cc2ccc(C(C)(C)C)cc2)no1. The molecule has 0 saturated carbocycles. The van der Waals surface area contributed by atoms with Crippen molar-refractivity contribution in [1.29, 1.82) is 0 Å². The molecule has 0 amide bonds. The summed E-state index contributed by atoms with van der Waals surface area (Å²) >= 11 is 0. The number of nitrogens with zero attached hydrogens (tertiary/aromatic N) is 1. The van der Waals surface area contributed by atoms with Gasteiger partial charge >= 0.3 is 0 Å². The van der Waals surface area contributed by atoms with Crippen molar-refractivity contribution in [2.45, 2.75) is 44.6 Å². The maximum absolute atomic E-state index is 12.1. The van der Waals surface area contributed by atoms with E-state index in [2.05, 4.69) is 50.2 Å². The van der Waals surface area contributed by atoms with Crippen molar-refractivity contribution in [2.75, 3.05) is 0 Å². The van der Waals surface area contributed by atoms with Crippen LogP contribution in [-0.2, 0) is 27.7 Å². The lowest BCUT2D eigenvalue weighted by atomic mass is 9.87. The normalized spacial score (nSPS) is 13.4. The average molecular weight is 291 g/mol. The Kier molecular flexibility index (Phi) is 4.43. The third kappa shape index (κ3) is 4.04. The molecule has 0 aliphatic carbocycles. The van der Waals surface area contributed by atoms with Gasteiger partial charge in [-0.1, -0.05) is 50.2 Å². The number of aromatic nitrogens is 1. The maximum atomic E-state index is 12.1. The number of rotatable bonds is 4. The fraction of sp³-hybridized carbons (Fsp3) is 0.438. The first-order valence-electron chi connectivity index (χ1n) is 6.71. The van der Waals surface area contributed by atoms with Crippen LogP contribution >= 0.6 is 0 Å². The molecule has 1 aromatic heterocycles. The summed E-state index contributed by atoms with van der Waals surface area (Å²) in [5, 5.41) is 3.88. The van der Waals surface area contributed by atoms with Crippen LogP contribution in [0.1, 0.15) is 43.4 Å². The lowest BCUT2D eigenvalue weighted by Gasteiger charge is -2.19. The molecule has 108 valence electrons. The van der Waals surface area contributed by atoms with Crippen LogP contribution in [0.25, 0.3) is 0 Å². The van der Waals surface area contributed by atoms with Gasteiger partial charge in [-0.25, -0.2) is 0 Å². The smallest absolute Gasteiger partial charge is 0.133 e. The largest absolute Gasteiger partial charge is 0.361 e. The van der Waals surface area contributed by atoms with Crippen molar-refractivity contribution in [2.24, 2.45) is 0 Å². The standard InChI is InChI=1S/C16H21NO2S/c1-12-9-15(17-19-12)11-20(18)10-13-5-7-14(8-6-13)16(2,3)4/h5-9H,10-11H2,1-4H3/t20-/m1/s1. The van der Waals surface area contributed by atoms with E-state index in [0.717, 1.165) is 17.0 Å². The highest BCUT2D eigenvalue weighted by Gasteiger charge is 2.13. The molecular formula is C16H21NO2S. The van der Waals surface area contributed by atoms with E-state index < -0.39 is 10.8 Å². The van der Waals surface area contributed by atoms with Gasteiger partial charge in [-0.15, -0.1) is 0 Å². The number of benzene rings is 1. The average Bonchev–Trinajstić information content (AvgIpc) is 2.74. The topological polar surface area (TPSA) is 43.1 Å². The Morgan fingerprint density at radius 1 is 1.15 bits per heavy atom. The van der Waals surface area contributed by atoms with Crippen molar-refractivity contribution in [3.8, 4) is 0 Å². The highest BCUT2D eigenvalue weighted by molar-refractivity contribution is 7.83. The van der Waals surface area contributed by atoms with Gasteiger partial charge in [0.1, 0.15) is 5.76 Å². The molecule has 0 unspecified atom stereocenters. The summed E-state index contributed by atoms with van der Waals surface area (Å²) in [6, 6.07) is 10.2. The first-order valence-corrected chi connectivity index (χ1v) is 8.20. The first-order chi connectivity index (χ1) is 9.34. The van der Waals surface area contributed by atoms with Crippen LogP contribution in [0.15, 0.2) is 34.9 Å². The van der Waals surface area contributed by atoms with Gasteiger partial charge in [-0.05, 0) is 23.5 Å². The molecule has 0 aliphatic heterocycles. The minimum Gasteiger partial charge on any atom is -0.361 e. The minimum atomic E-state index is -0.959. The third-order valence-corrected chi connectivity index (χ3v) is 4.41. The Hall–Kier alpha value is -1.42. The summed E-state index contributed by atoms with van der Waals surface area (Å²) in [4.78, 5) is 0. The van der Waals surface area contributed by atoms with E-state index in [-0.39, 0.29) is 5.41 Å². The van der Waals surface area contributed by atoms with Crippen molar-refractivity contribution >= 4 is 10.8 Å². The molecular weight excluding hydrogens is 270 g/mol. The summed E-state index contributed by atoms with van der Waals surface area (Å²) in [7, 11) is -0.959. The fourth-order valence-electron chi connectivity index (χ4n) is 1.99. The third-order valence-electron chi connectivity index (χ3n) is 3.13. The highest BCUT2D eigenvalue weighted by atomic mass is 32.2. The highest BCUT2D eigenvalue weighted by Crippen LogP contribution is 2.22.